The Labute approximate surface area is 597 Å². The number of carbonyl (C=O) groups excluding carboxylic acids is 4. The van der Waals surface area contributed by atoms with E-state index in [2.05, 4.69) is 10.6 Å². The molecule has 0 bridgehead atoms. The Morgan fingerprint density at radius 3 is 1.29 bits per heavy atom. The Morgan fingerprint density at radius 1 is 0.535 bits per heavy atom. The van der Waals surface area contributed by atoms with E-state index in [1.165, 1.54) is 61.8 Å². The van der Waals surface area contributed by atoms with Gasteiger partial charge in [-0.3, -0.25) is 0 Å². The van der Waals surface area contributed by atoms with Crippen molar-refractivity contribution in [3.05, 3.63) is 119 Å². The van der Waals surface area contributed by atoms with Crippen molar-refractivity contribution in [2.24, 2.45) is 20.6 Å². The van der Waals surface area contributed by atoms with E-state index in [-0.39, 0.29) is 95.3 Å². The number of hydrogen-bond donors (Lipinski definition) is 6. The molecule has 0 radical (unpaired) electrons. The number of thiophene rings is 2. The van der Waals surface area contributed by atoms with Gasteiger partial charge in [0.1, 0.15) is 63.5 Å². The van der Waals surface area contributed by atoms with E-state index in [1.54, 1.807) is 74.5 Å². The van der Waals surface area contributed by atoms with Crippen LogP contribution in [0.5, 0.6) is 23.0 Å². The number of esters is 2. The predicted molar refractivity (Wildman–Crippen MR) is 379 cm³/mol. The van der Waals surface area contributed by atoms with Crippen LogP contribution in [0, 0.1) is 0 Å². The number of nitrogens with two attached hydrogens (primary N) is 4. The first-order valence-electron chi connectivity index (χ1n) is 31.2. The van der Waals surface area contributed by atoms with Crippen LogP contribution in [0.4, 0.5) is 21.0 Å². The first-order valence-corrected chi connectivity index (χ1v) is 42.1. The number of amides is 2. The summed E-state index contributed by atoms with van der Waals surface area (Å²) in [7, 11) is -25.0. The maximum absolute atomic E-state index is 13.4. The summed E-state index contributed by atoms with van der Waals surface area (Å²) in [4.78, 5) is 54.8. The van der Waals surface area contributed by atoms with E-state index in [0.29, 0.717) is 47.3 Å². The van der Waals surface area contributed by atoms with Gasteiger partial charge >= 0.3 is 24.1 Å². The number of benzene rings is 4. The fraction of sp³-hybridized carbons (Fsp3) is 0.429. The standard InChI is InChI=1S/2C31H40N4O11S4.CH4/c1-5-7-13-34-24-15-21(16-26(49(32,40)41)28(24)46-22-11-9-8-10-12-22)29(36)45-19(3)18-44-31(37)35(6-2)25-14-20(4)48(38,39)30-23(25)17-27(47-30)50(33,42)43;1-5-7-13-34-24-15-21(16-26(49(32,40)41)28(24)46-22-11-9-8-10-12-22)29(36)44-18-19(3)45-31(37)35(6-2)25-14-20(4)48(38,39)30-23(25)17-27(47-30)50(33,42)43;/h2*8-12,15-17,19-20,25,34H,5-7,13-14,18H2,1-4H3,(H2,32,40,41)(H2,33,42,43);1H4/t2*19?,20-,25-;/m00./s1. The summed E-state index contributed by atoms with van der Waals surface area (Å²) in [5.41, 5.74) is 0.333. The zero-order valence-corrected chi connectivity index (χ0v) is 62.2. The molecule has 30 nitrogen and oxygen atoms in total. The molecule has 2 amide bonds. The van der Waals surface area contributed by atoms with Crippen LogP contribution in [0.2, 0.25) is 0 Å². The van der Waals surface area contributed by atoms with E-state index in [4.69, 9.17) is 49.0 Å². The highest BCUT2D eigenvalue weighted by molar-refractivity contribution is 7.96. The summed E-state index contributed by atoms with van der Waals surface area (Å²) in [6.45, 7) is 13.3. The molecule has 101 heavy (non-hydrogen) atoms. The summed E-state index contributed by atoms with van der Waals surface area (Å²) >= 11 is 1.07. The third-order valence-corrected chi connectivity index (χ3v) is 28.1. The summed E-state index contributed by atoms with van der Waals surface area (Å²) in [6, 6.07) is 22.4. The van der Waals surface area contributed by atoms with Crippen LogP contribution in [-0.2, 0) is 78.7 Å². The molecule has 0 aliphatic carbocycles. The van der Waals surface area contributed by atoms with E-state index in [0.717, 1.165) is 37.8 Å². The second kappa shape index (κ2) is 34.2. The van der Waals surface area contributed by atoms with Gasteiger partial charge in [-0.15, -0.1) is 22.7 Å². The smallest absolute Gasteiger partial charge is 0.410 e. The summed E-state index contributed by atoms with van der Waals surface area (Å²) < 4.78 is 184. The zero-order chi connectivity index (χ0) is 74.0. The van der Waals surface area contributed by atoms with E-state index in [9.17, 15) is 69.7 Å². The second-order valence-corrected chi connectivity index (χ2v) is 37.1. The van der Waals surface area contributed by atoms with Gasteiger partial charge in [-0.1, -0.05) is 70.5 Å². The average Bonchev–Trinajstić information content (AvgIpc) is 1.63. The van der Waals surface area contributed by atoms with Crippen LogP contribution in [0.3, 0.4) is 0 Å². The van der Waals surface area contributed by atoms with Gasteiger partial charge in [-0.2, -0.15) is 0 Å². The first kappa shape index (κ1) is 82.5. The second-order valence-electron chi connectivity index (χ2n) is 23.3. The van der Waals surface area contributed by atoms with Crippen LogP contribution >= 0.6 is 22.7 Å². The van der Waals surface area contributed by atoms with Gasteiger partial charge in [-0.05, 0) is 128 Å². The molecule has 0 fully saturated rings. The molecule has 4 aromatic carbocycles. The number of ether oxygens (including phenoxy) is 6. The monoisotopic (exact) mass is 1560 g/mol. The van der Waals surface area contributed by atoms with Gasteiger partial charge < -0.3 is 48.9 Å². The number of carbonyl (C=O) groups is 4. The van der Waals surface area contributed by atoms with E-state index in [1.807, 2.05) is 13.8 Å². The summed E-state index contributed by atoms with van der Waals surface area (Å²) in [5.74, 6) is -1.37. The van der Waals surface area contributed by atoms with Crippen molar-refractivity contribution in [2.45, 2.75) is 163 Å². The number of fused-ring (bicyclic) bond motifs is 2. The third kappa shape index (κ3) is 20.4. The Bertz CT molecular complexity index is 4700. The minimum Gasteiger partial charge on any atom is -0.458 e. The van der Waals surface area contributed by atoms with Gasteiger partial charge in [0.05, 0.1) is 45.1 Å². The normalized spacial score (nSPS) is 17.5. The maximum atomic E-state index is 13.4. The Morgan fingerprint density at radius 2 is 0.911 bits per heavy atom. The van der Waals surface area contributed by atoms with Gasteiger partial charge in [0.15, 0.2) is 31.2 Å². The van der Waals surface area contributed by atoms with Crippen LogP contribution in [0.25, 0.3) is 0 Å². The van der Waals surface area contributed by atoms with Gasteiger partial charge in [0.25, 0.3) is 0 Å². The largest absolute Gasteiger partial charge is 0.458 e. The molecule has 6 atom stereocenters. The Hall–Kier alpha value is -7.50. The molecule has 2 aliphatic heterocycles. The predicted octanol–water partition coefficient (Wildman–Crippen LogP) is 9.35. The topological polar surface area (TPSA) is 463 Å². The lowest BCUT2D eigenvalue weighted by Crippen LogP contribution is -2.41. The van der Waals surface area contributed by atoms with Crippen LogP contribution in [-0.4, -0.2) is 147 Å². The molecule has 4 heterocycles. The average molecular weight is 1560 g/mol. The van der Waals surface area contributed by atoms with Crippen LogP contribution in [0.15, 0.2) is 124 Å². The SMILES string of the molecule is C.CCCCNc1cc(C(=O)OC(C)COC(=O)N(CC)[C@H]2C[C@H](C)S(=O)(=O)c3sc(S(N)(=O)=O)cc32)cc(S(N)(=O)=O)c1Oc1ccccc1.CCCCNc1cc(C(=O)OCC(C)OC(=O)N(CC)[C@H]2C[C@H](C)S(=O)(=O)c3sc(S(N)(=O)=O)cc32)cc(S(N)(=O)=O)c1Oc1ccccc1. The lowest BCUT2D eigenvalue weighted by atomic mass is 10.0. The number of sulfonamides is 4. The lowest BCUT2D eigenvalue weighted by Gasteiger charge is -2.35. The van der Waals surface area contributed by atoms with E-state index < -0.39 is 142 Å². The highest BCUT2D eigenvalue weighted by Gasteiger charge is 2.45. The first-order chi connectivity index (χ1) is 46.8. The van der Waals surface area contributed by atoms with Crippen LogP contribution < -0.4 is 40.7 Å². The van der Waals surface area contributed by atoms with Crippen molar-refractivity contribution in [3.8, 4) is 23.0 Å². The number of rotatable bonds is 28. The third-order valence-electron chi connectivity index (χ3n) is 15.6. The number of primary sulfonamides is 4. The van der Waals surface area contributed by atoms with Crippen molar-refractivity contribution in [1.82, 2.24) is 9.80 Å². The van der Waals surface area contributed by atoms with Crippen molar-refractivity contribution < 1.29 is 98.1 Å². The number of anilines is 2. The zero-order valence-electron chi connectivity index (χ0n) is 55.6. The maximum Gasteiger partial charge on any atom is 0.410 e. The van der Waals surface area contributed by atoms with Gasteiger partial charge in [0.2, 0.25) is 40.1 Å². The molecule has 556 valence electrons. The Kier molecular flexibility index (Phi) is 27.9. The minimum atomic E-state index is -4.40. The molecule has 0 saturated carbocycles. The molecular weight excluding hydrogens is 1480 g/mol. The number of para-hydroxylation sites is 2. The number of nitrogens with zero attached hydrogens (tertiary/aromatic N) is 2. The molecule has 0 saturated heterocycles. The van der Waals surface area contributed by atoms with Crippen molar-refractivity contribution in [2.75, 3.05) is 50.0 Å². The molecular formula is C63H84N8O22S8. The molecule has 0 spiro atoms. The molecule has 38 heteroatoms. The molecule has 8 rings (SSSR count). The quantitative estimate of drug-likeness (QED) is 0.0151. The Balaban J connectivity index is 0.000000315. The van der Waals surface area contributed by atoms with Crippen molar-refractivity contribution in [3.63, 3.8) is 0 Å². The highest BCUT2D eigenvalue weighted by Crippen LogP contribution is 2.47. The van der Waals surface area contributed by atoms with Gasteiger partial charge in [-0.25, -0.2) is 90.2 Å². The molecule has 2 aliphatic rings. The van der Waals surface area contributed by atoms with Crippen LogP contribution in [0.1, 0.15) is 145 Å². The molecule has 10 N–H and O–H groups in total. The molecule has 2 unspecified atom stereocenters. The van der Waals surface area contributed by atoms with Crippen molar-refractivity contribution >= 4 is 118 Å². The summed E-state index contributed by atoms with van der Waals surface area (Å²) in [6.07, 6.45) is -0.643. The number of unbranched alkanes of at least 4 members (excludes halogenated alkanes) is 2. The fourth-order valence-electron chi connectivity index (χ4n) is 10.4. The highest BCUT2D eigenvalue weighted by atomic mass is 32.3. The fourth-order valence-corrected chi connectivity index (χ4v) is 20.6. The number of sulfone groups is 2. The van der Waals surface area contributed by atoms with E-state index >= 15 is 0 Å². The summed E-state index contributed by atoms with van der Waals surface area (Å²) in [5, 5.41) is 26.0. The number of hydrogen-bond acceptors (Lipinski definition) is 26. The lowest BCUT2D eigenvalue weighted by molar-refractivity contribution is 0.00736. The van der Waals surface area contributed by atoms with Gasteiger partial charge in [0, 0.05) is 37.3 Å². The molecule has 6 aromatic rings. The minimum absolute atomic E-state index is 0. The molecule has 2 aromatic heterocycles. The van der Waals surface area contributed by atoms with Crippen molar-refractivity contribution in [1.29, 1.82) is 0 Å². The number of nitrogens with one attached hydrogen (secondary N) is 2.